The summed E-state index contributed by atoms with van der Waals surface area (Å²) in [6.07, 6.45) is 0.0298. The minimum Gasteiger partial charge on any atom is -0.493 e. The molecule has 1 aliphatic rings. The molecule has 1 unspecified atom stereocenters. The van der Waals surface area contributed by atoms with Gasteiger partial charge in [0.05, 0.1) is 19.9 Å². The number of carbonyl (C=O) groups excluding carboxylic acids is 1. The number of nitrogens with zero attached hydrogens (tertiary/aromatic N) is 2. The molecule has 0 fully saturated rings. The summed E-state index contributed by atoms with van der Waals surface area (Å²) in [5.41, 5.74) is 1.62. The molecule has 0 spiro atoms. The number of anilines is 1. The Morgan fingerprint density at radius 3 is 2.50 bits per heavy atom. The molecule has 146 valence electrons. The van der Waals surface area contributed by atoms with Crippen LogP contribution in [0.25, 0.3) is 0 Å². The number of hydrazone groups is 1. The van der Waals surface area contributed by atoms with Crippen molar-refractivity contribution in [2.45, 2.75) is 19.0 Å². The van der Waals surface area contributed by atoms with Crippen LogP contribution in [0.3, 0.4) is 0 Å². The molecule has 1 atom stereocenters. The summed E-state index contributed by atoms with van der Waals surface area (Å²) in [4.78, 5) is 24.1. The molecule has 2 N–H and O–H groups in total. The molecule has 1 aliphatic heterocycles. The number of carboxylic acid groups (broad SMARTS) is 1. The van der Waals surface area contributed by atoms with E-state index in [2.05, 4.69) is 10.4 Å². The Labute approximate surface area is 162 Å². The van der Waals surface area contributed by atoms with Crippen molar-refractivity contribution in [1.29, 1.82) is 0 Å². The number of nitrogens with one attached hydrogen (secondary N) is 1. The van der Waals surface area contributed by atoms with Gasteiger partial charge in [0.1, 0.15) is 5.71 Å². The molecule has 28 heavy (non-hydrogen) atoms. The Hall–Kier alpha value is -3.55. The fraction of sp³-hybridized carbons (Fsp3) is 0.250. The Morgan fingerprint density at radius 1 is 1.14 bits per heavy atom. The van der Waals surface area contributed by atoms with Crippen LogP contribution in [0.4, 0.5) is 5.69 Å². The van der Waals surface area contributed by atoms with Crippen LogP contribution >= 0.6 is 0 Å². The lowest BCUT2D eigenvalue weighted by molar-refractivity contribution is -0.138. The number of hydrogen-bond donors (Lipinski definition) is 2. The third kappa shape index (κ3) is 4.06. The number of carboxylic acids is 1. The fourth-order valence-corrected chi connectivity index (χ4v) is 2.93. The molecule has 0 bridgehead atoms. The molecule has 3 rings (SSSR count). The highest BCUT2D eigenvalue weighted by atomic mass is 16.5. The lowest BCUT2D eigenvalue weighted by atomic mass is 10.1. The number of carbonyl (C=O) groups is 2. The van der Waals surface area contributed by atoms with E-state index in [0.717, 1.165) is 5.56 Å². The van der Waals surface area contributed by atoms with E-state index in [0.29, 0.717) is 17.2 Å². The number of para-hydroxylation sites is 1. The SMILES string of the molecule is COc1ccc(CNC(=O)C2=NN(c3ccccc3)C(C(=O)O)C2)cc1OC. The van der Waals surface area contributed by atoms with E-state index >= 15 is 0 Å². The number of methoxy groups -OCH3 is 2. The van der Waals surface area contributed by atoms with E-state index in [1.165, 1.54) is 12.1 Å². The van der Waals surface area contributed by atoms with Gasteiger partial charge in [0.25, 0.3) is 5.91 Å². The number of ether oxygens (including phenoxy) is 2. The molecule has 0 saturated heterocycles. The van der Waals surface area contributed by atoms with E-state index in [4.69, 9.17) is 9.47 Å². The summed E-state index contributed by atoms with van der Waals surface area (Å²) in [5, 5.41) is 17.9. The molecule has 0 radical (unpaired) electrons. The second-order valence-electron chi connectivity index (χ2n) is 6.16. The van der Waals surface area contributed by atoms with Crippen molar-refractivity contribution in [2.24, 2.45) is 5.10 Å². The van der Waals surface area contributed by atoms with Gasteiger partial charge in [0.15, 0.2) is 17.5 Å². The van der Waals surface area contributed by atoms with Crippen molar-refractivity contribution in [3.05, 3.63) is 54.1 Å². The Morgan fingerprint density at radius 2 is 1.86 bits per heavy atom. The van der Waals surface area contributed by atoms with Gasteiger partial charge < -0.3 is 19.9 Å². The summed E-state index contributed by atoms with van der Waals surface area (Å²) < 4.78 is 10.4. The topological polar surface area (TPSA) is 100 Å². The van der Waals surface area contributed by atoms with E-state index in [-0.39, 0.29) is 18.7 Å². The van der Waals surface area contributed by atoms with E-state index in [1.54, 1.807) is 43.5 Å². The van der Waals surface area contributed by atoms with Gasteiger partial charge >= 0.3 is 5.97 Å². The number of amides is 1. The monoisotopic (exact) mass is 383 g/mol. The molecule has 2 aromatic carbocycles. The average molecular weight is 383 g/mol. The quantitative estimate of drug-likeness (QED) is 0.759. The summed E-state index contributed by atoms with van der Waals surface area (Å²) in [6, 6.07) is 13.3. The molecule has 0 saturated carbocycles. The fourth-order valence-electron chi connectivity index (χ4n) is 2.93. The van der Waals surface area contributed by atoms with Gasteiger partial charge in [-0.1, -0.05) is 24.3 Å². The predicted octanol–water partition coefficient (Wildman–Crippen LogP) is 2.04. The van der Waals surface area contributed by atoms with E-state index < -0.39 is 17.9 Å². The van der Waals surface area contributed by atoms with Crippen LogP contribution in [-0.2, 0) is 16.1 Å². The lowest BCUT2D eigenvalue weighted by Crippen LogP contribution is -2.35. The van der Waals surface area contributed by atoms with Crippen LogP contribution in [0.1, 0.15) is 12.0 Å². The molecule has 0 aromatic heterocycles. The van der Waals surface area contributed by atoms with Crippen molar-refractivity contribution >= 4 is 23.3 Å². The Balaban J connectivity index is 1.71. The Kier molecular flexibility index (Phi) is 5.78. The molecule has 8 heteroatoms. The van der Waals surface area contributed by atoms with Crippen LogP contribution in [-0.4, -0.2) is 43.0 Å². The second kappa shape index (κ2) is 8.43. The predicted molar refractivity (Wildman–Crippen MR) is 104 cm³/mol. The van der Waals surface area contributed by atoms with Gasteiger partial charge in [-0.25, -0.2) is 4.79 Å². The molecule has 0 aliphatic carbocycles. The number of hydrogen-bond acceptors (Lipinski definition) is 6. The third-order valence-electron chi connectivity index (χ3n) is 4.38. The standard InChI is InChI=1S/C20H21N3O5/c1-27-17-9-8-13(10-18(17)28-2)12-21-19(24)15-11-16(20(25)26)23(22-15)14-6-4-3-5-7-14/h3-10,16H,11-12H2,1-2H3,(H,21,24)(H,25,26). The van der Waals surface area contributed by atoms with Gasteiger partial charge in [-0.2, -0.15) is 5.10 Å². The van der Waals surface area contributed by atoms with Crippen LogP contribution in [0.5, 0.6) is 11.5 Å². The van der Waals surface area contributed by atoms with Crippen molar-refractivity contribution in [3.63, 3.8) is 0 Å². The van der Waals surface area contributed by atoms with Crippen LogP contribution in [0, 0.1) is 0 Å². The van der Waals surface area contributed by atoms with Crippen molar-refractivity contribution < 1.29 is 24.2 Å². The first-order chi connectivity index (χ1) is 13.5. The number of aliphatic carboxylic acids is 1. The van der Waals surface area contributed by atoms with Crippen molar-refractivity contribution in [2.75, 3.05) is 19.2 Å². The molecule has 1 heterocycles. The molecule has 1 amide bonds. The van der Waals surface area contributed by atoms with E-state index in [1.807, 2.05) is 12.1 Å². The first kappa shape index (κ1) is 19.2. The maximum absolute atomic E-state index is 12.5. The highest BCUT2D eigenvalue weighted by Gasteiger charge is 2.36. The van der Waals surface area contributed by atoms with Gasteiger partial charge in [0, 0.05) is 13.0 Å². The molecule has 2 aromatic rings. The highest BCUT2D eigenvalue weighted by Crippen LogP contribution is 2.28. The minimum atomic E-state index is -1.03. The zero-order chi connectivity index (χ0) is 20.1. The maximum atomic E-state index is 12.5. The zero-order valence-electron chi connectivity index (χ0n) is 15.6. The third-order valence-corrected chi connectivity index (χ3v) is 4.38. The van der Waals surface area contributed by atoms with Gasteiger partial charge in [-0.15, -0.1) is 0 Å². The molecular formula is C20H21N3O5. The van der Waals surface area contributed by atoms with Crippen molar-refractivity contribution in [1.82, 2.24) is 5.32 Å². The first-order valence-corrected chi connectivity index (χ1v) is 8.67. The van der Waals surface area contributed by atoms with Gasteiger partial charge in [0.2, 0.25) is 0 Å². The van der Waals surface area contributed by atoms with Crippen LogP contribution < -0.4 is 19.8 Å². The number of rotatable bonds is 7. The Bertz CT molecular complexity index is 898. The summed E-state index contributed by atoms with van der Waals surface area (Å²) >= 11 is 0. The zero-order valence-corrected chi connectivity index (χ0v) is 15.6. The number of benzene rings is 2. The molecule has 8 nitrogen and oxygen atoms in total. The van der Waals surface area contributed by atoms with Crippen molar-refractivity contribution in [3.8, 4) is 11.5 Å². The first-order valence-electron chi connectivity index (χ1n) is 8.67. The normalized spacial score (nSPS) is 15.7. The van der Waals surface area contributed by atoms with Crippen LogP contribution in [0.15, 0.2) is 53.6 Å². The highest BCUT2D eigenvalue weighted by molar-refractivity contribution is 6.40. The second-order valence-corrected chi connectivity index (χ2v) is 6.16. The van der Waals surface area contributed by atoms with E-state index in [9.17, 15) is 14.7 Å². The van der Waals surface area contributed by atoms with Crippen LogP contribution in [0.2, 0.25) is 0 Å². The minimum absolute atomic E-state index is 0.0298. The summed E-state index contributed by atoms with van der Waals surface area (Å²) in [7, 11) is 3.09. The molecular weight excluding hydrogens is 362 g/mol. The smallest absolute Gasteiger partial charge is 0.328 e. The largest absolute Gasteiger partial charge is 0.493 e. The summed E-state index contributed by atoms with van der Waals surface area (Å²) in [5.74, 6) is -0.274. The lowest BCUT2D eigenvalue weighted by Gasteiger charge is -2.19. The van der Waals surface area contributed by atoms with Gasteiger partial charge in [-0.05, 0) is 29.8 Å². The maximum Gasteiger partial charge on any atom is 0.328 e. The average Bonchev–Trinajstić information content (AvgIpc) is 3.18. The summed E-state index contributed by atoms with van der Waals surface area (Å²) in [6.45, 7) is 0.251. The van der Waals surface area contributed by atoms with Gasteiger partial charge in [-0.3, -0.25) is 9.80 Å².